The van der Waals surface area contributed by atoms with Crippen LogP contribution in [0.15, 0.2) is 18.2 Å². The van der Waals surface area contributed by atoms with E-state index in [1.54, 1.807) is 13.8 Å². The van der Waals surface area contributed by atoms with Crippen LogP contribution < -0.4 is 10.6 Å². The largest absolute Gasteiger partial charge is 0.449 e. The minimum atomic E-state index is -1.22. The van der Waals surface area contributed by atoms with Gasteiger partial charge in [0.25, 0.3) is 11.6 Å². The first-order valence-electron chi connectivity index (χ1n) is 8.34. The Kier molecular flexibility index (Phi) is 6.93. The van der Waals surface area contributed by atoms with E-state index in [2.05, 4.69) is 10.6 Å². The minimum Gasteiger partial charge on any atom is -0.449 e. The summed E-state index contributed by atoms with van der Waals surface area (Å²) in [6, 6.07) is 3.59. The van der Waals surface area contributed by atoms with Crippen molar-refractivity contribution in [2.24, 2.45) is 0 Å². The van der Waals surface area contributed by atoms with Gasteiger partial charge < -0.3 is 15.4 Å². The lowest BCUT2D eigenvalue weighted by atomic mass is 10.1. The molecule has 0 aliphatic rings. The minimum absolute atomic E-state index is 0.0234. The van der Waals surface area contributed by atoms with Crippen LogP contribution in [0.25, 0.3) is 0 Å². The van der Waals surface area contributed by atoms with Gasteiger partial charge in [-0.25, -0.2) is 4.79 Å². The maximum absolute atomic E-state index is 12.6. The third-order valence-electron chi connectivity index (χ3n) is 3.95. The highest BCUT2D eigenvalue weighted by Gasteiger charge is 2.26. The van der Waals surface area contributed by atoms with Gasteiger partial charge in [0.05, 0.1) is 21.2 Å². The number of carbonyl (C=O) groups excluding carboxylic acids is 3. The van der Waals surface area contributed by atoms with Crippen LogP contribution in [0.5, 0.6) is 0 Å². The quantitative estimate of drug-likeness (QED) is 0.396. The third-order valence-corrected chi connectivity index (χ3v) is 5.40. The van der Waals surface area contributed by atoms with Crippen molar-refractivity contribution in [1.82, 2.24) is 0 Å². The molecule has 0 fully saturated rings. The molecule has 2 aromatic rings. The van der Waals surface area contributed by atoms with Crippen LogP contribution in [0, 0.1) is 24.0 Å². The average molecular weight is 440 g/mol. The van der Waals surface area contributed by atoms with Gasteiger partial charge in [-0.1, -0.05) is 11.6 Å². The molecule has 0 aliphatic carbocycles. The highest BCUT2D eigenvalue weighted by atomic mass is 35.5. The molecule has 154 valence electrons. The number of nitrogens with zero attached hydrogens (tertiary/aromatic N) is 1. The van der Waals surface area contributed by atoms with Crippen molar-refractivity contribution in [1.29, 1.82) is 0 Å². The zero-order valence-electron chi connectivity index (χ0n) is 16.0. The molecule has 2 N–H and O–H groups in total. The number of carbonyl (C=O) groups is 3. The van der Waals surface area contributed by atoms with E-state index in [0.29, 0.717) is 10.6 Å². The molecule has 0 spiro atoms. The highest BCUT2D eigenvalue weighted by Crippen LogP contribution is 2.33. The number of aryl methyl sites for hydroxylation is 1. The second-order valence-corrected chi connectivity index (χ2v) is 7.76. The molecule has 0 saturated carbocycles. The van der Waals surface area contributed by atoms with Crippen LogP contribution in [0.3, 0.4) is 0 Å². The van der Waals surface area contributed by atoms with Crippen LogP contribution in [0.4, 0.5) is 16.4 Å². The van der Waals surface area contributed by atoms with Crippen LogP contribution >= 0.6 is 22.9 Å². The van der Waals surface area contributed by atoms with Gasteiger partial charge in [-0.2, -0.15) is 0 Å². The van der Waals surface area contributed by atoms with Gasteiger partial charge in [-0.3, -0.25) is 19.7 Å². The van der Waals surface area contributed by atoms with Gasteiger partial charge in [-0.05, 0) is 32.4 Å². The van der Waals surface area contributed by atoms with Gasteiger partial charge in [0.2, 0.25) is 5.91 Å². The summed E-state index contributed by atoms with van der Waals surface area (Å²) in [5.41, 5.74) is 0.586. The van der Waals surface area contributed by atoms with Crippen molar-refractivity contribution in [2.45, 2.75) is 33.8 Å². The zero-order valence-corrected chi connectivity index (χ0v) is 17.6. The number of esters is 1. The Morgan fingerprint density at radius 2 is 1.90 bits per heavy atom. The molecule has 0 radical (unpaired) electrons. The summed E-state index contributed by atoms with van der Waals surface area (Å²) in [5.74, 6) is -1.83. The summed E-state index contributed by atoms with van der Waals surface area (Å²) in [7, 11) is 0. The second kappa shape index (κ2) is 9.01. The molecule has 0 bridgehead atoms. The summed E-state index contributed by atoms with van der Waals surface area (Å²) in [6.45, 7) is 6.17. The number of nitro benzene ring substituents is 1. The van der Waals surface area contributed by atoms with E-state index < -0.39 is 22.9 Å². The average Bonchev–Trinajstić information content (AvgIpc) is 2.89. The van der Waals surface area contributed by atoms with Crippen LogP contribution in [-0.2, 0) is 14.3 Å². The van der Waals surface area contributed by atoms with Crippen LogP contribution in [0.1, 0.15) is 34.6 Å². The summed E-state index contributed by atoms with van der Waals surface area (Å²) in [4.78, 5) is 47.4. The monoisotopic (exact) mass is 439 g/mol. The molecule has 1 aromatic carbocycles. The molecule has 0 saturated heterocycles. The van der Waals surface area contributed by atoms with Crippen molar-refractivity contribution in [3.05, 3.63) is 49.3 Å². The Hall–Kier alpha value is -2.98. The predicted molar refractivity (Wildman–Crippen MR) is 110 cm³/mol. The summed E-state index contributed by atoms with van der Waals surface area (Å²) >= 11 is 7.19. The number of benzene rings is 1. The molecule has 1 heterocycles. The van der Waals surface area contributed by atoms with Gasteiger partial charge in [0.15, 0.2) is 6.10 Å². The summed E-state index contributed by atoms with van der Waals surface area (Å²) < 4.78 is 5.23. The van der Waals surface area contributed by atoms with Crippen molar-refractivity contribution in [3.8, 4) is 0 Å². The number of nitro groups is 1. The number of nitrogens with one attached hydrogen (secondary N) is 2. The van der Waals surface area contributed by atoms with E-state index in [1.165, 1.54) is 37.3 Å². The lowest BCUT2D eigenvalue weighted by molar-refractivity contribution is -0.384. The fourth-order valence-corrected chi connectivity index (χ4v) is 3.61. The van der Waals surface area contributed by atoms with E-state index in [1.807, 2.05) is 0 Å². The fraction of sp³-hybridized carbons (Fsp3) is 0.278. The molecule has 1 aromatic heterocycles. The molecule has 1 unspecified atom stereocenters. The number of thiophene rings is 1. The van der Waals surface area contributed by atoms with E-state index in [-0.39, 0.29) is 27.9 Å². The van der Waals surface area contributed by atoms with E-state index in [9.17, 15) is 24.5 Å². The highest BCUT2D eigenvalue weighted by molar-refractivity contribution is 7.16. The third kappa shape index (κ3) is 5.30. The molecular formula is C18H18ClN3O6S. The zero-order chi connectivity index (χ0) is 21.9. The van der Waals surface area contributed by atoms with Crippen molar-refractivity contribution >= 4 is 57.1 Å². The first-order chi connectivity index (χ1) is 13.5. The number of hydrogen-bond donors (Lipinski definition) is 2. The first-order valence-corrected chi connectivity index (χ1v) is 9.54. The maximum Gasteiger partial charge on any atom is 0.342 e. The normalized spacial score (nSPS) is 11.5. The lowest BCUT2D eigenvalue weighted by Gasteiger charge is -2.15. The summed E-state index contributed by atoms with van der Waals surface area (Å²) in [5, 5.41) is 16.3. The molecule has 11 heteroatoms. The predicted octanol–water partition coefficient (Wildman–Crippen LogP) is 4.07. The number of amides is 2. The van der Waals surface area contributed by atoms with E-state index in [4.69, 9.17) is 16.3 Å². The number of anilines is 2. The van der Waals surface area contributed by atoms with Gasteiger partial charge in [0, 0.05) is 23.9 Å². The Balaban J connectivity index is 2.16. The Labute approximate surface area is 175 Å². The van der Waals surface area contributed by atoms with Gasteiger partial charge in [-0.15, -0.1) is 11.3 Å². The van der Waals surface area contributed by atoms with E-state index >= 15 is 0 Å². The molecular weight excluding hydrogens is 422 g/mol. The smallest absolute Gasteiger partial charge is 0.342 e. The van der Waals surface area contributed by atoms with Crippen LogP contribution in [0.2, 0.25) is 5.02 Å². The maximum atomic E-state index is 12.6. The van der Waals surface area contributed by atoms with Crippen molar-refractivity contribution in [2.75, 3.05) is 10.6 Å². The molecule has 1 atom stereocenters. The SMILES string of the molecule is CC(=O)Nc1sc(C)c(C)c1C(=O)OC(C)C(=O)Nc1cc([N+](=O)[O-])ccc1Cl. The number of rotatable bonds is 6. The molecule has 29 heavy (non-hydrogen) atoms. The lowest BCUT2D eigenvalue weighted by Crippen LogP contribution is -2.30. The van der Waals surface area contributed by atoms with Crippen molar-refractivity contribution < 1.29 is 24.0 Å². The molecule has 2 rings (SSSR count). The first kappa shape index (κ1) is 22.3. The topological polar surface area (TPSA) is 128 Å². The van der Waals surface area contributed by atoms with Crippen molar-refractivity contribution in [3.63, 3.8) is 0 Å². The molecule has 0 aliphatic heterocycles. The standard InChI is InChI=1S/C18H18ClN3O6S/c1-8-10(3)29-17(20-11(4)23)15(8)18(25)28-9(2)16(24)21-14-7-12(22(26)27)5-6-13(14)19/h5-7,9H,1-4H3,(H,20,23)(H,21,24). The fourth-order valence-electron chi connectivity index (χ4n) is 2.35. The van der Waals surface area contributed by atoms with E-state index in [0.717, 1.165) is 10.9 Å². The molecule has 9 nitrogen and oxygen atoms in total. The molecule has 2 amide bonds. The van der Waals surface area contributed by atoms with Crippen LogP contribution in [-0.4, -0.2) is 28.8 Å². The van der Waals surface area contributed by atoms with Gasteiger partial charge >= 0.3 is 5.97 Å². The number of non-ortho nitro benzene ring substituents is 1. The number of ether oxygens (including phenoxy) is 1. The number of halogens is 1. The Morgan fingerprint density at radius 3 is 2.48 bits per heavy atom. The number of hydrogen-bond acceptors (Lipinski definition) is 7. The summed E-state index contributed by atoms with van der Waals surface area (Å²) in [6.07, 6.45) is -1.22. The Bertz CT molecular complexity index is 1000. The van der Waals surface area contributed by atoms with Gasteiger partial charge in [0.1, 0.15) is 5.00 Å². The Morgan fingerprint density at radius 1 is 1.24 bits per heavy atom. The second-order valence-electron chi connectivity index (χ2n) is 6.13.